The molecule has 0 saturated heterocycles. The fraction of sp³-hybridized carbons (Fsp3) is 0. The van der Waals surface area contributed by atoms with Crippen molar-refractivity contribution in [1.29, 1.82) is 0 Å². The van der Waals surface area contributed by atoms with Gasteiger partial charge in [0, 0.05) is 0 Å². The molecule has 0 atom stereocenters. The third-order valence-electron chi connectivity index (χ3n) is 3.86. The number of sulfonamides is 2. The standard InChI is InChI=1S/C20H17NO4S2/c1-2-17-13-15-20(16-14-17)27(24,25)21(18-9-5-3-6-10-18)26(22,23)19-11-7-4-8-12-19/h2-16H,1H2. The maximum atomic E-state index is 13.3. The van der Waals surface area contributed by atoms with Gasteiger partial charge in [0.05, 0.1) is 15.5 Å². The highest BCUT2D eigenvalue weighted by Crippen LogP contribution is 2.30. The Morgan fingerprint density at radius 3 is 1.56 bits per heavy atom. The van der Waals surface area contributed by atoms with Gasteiger partial charge in [-0.1, -0.05) is 61.2 Å². The largest absolute Gasteiger partial charge is 0.277 e. The number of anilines is 1. The molecule has 27 heavy (non-hydrogen) atoms. The molecule has 0 amide bonds. The minimum Gasteiger partial charge on any atom is -0.200 e. The van der Waals surface area contributed by atoms with Gasteiger partial charge in [-0.25, -0.2) is 16.8 Å². The number of hydrogen-bond donors (Lipinski definition) is 0. The molecule has 0 fully saturated rings. The summed E-state index contributed by atoms with van der Waals surface area (Å²) in [5.74, 6) is 0. The summed E-state index contributed by atoms with van der Waals surface area (Å²) in [4.78, 5) is -0.239. The third-order valence-corrected chi connectivity index (χ3v) is 8.07. The van der Waals surface area contributed by atoms with E-state index in [1.165, 1.54) is 36.4 Å². The number of nitrogens with zero attached hydrogens (tertiary/aromatic N) is 1. The third kappa shape index (κ3) is 3.65. The van der Waals surface area contributed by atoms with Gasteiger partial charge in [0.25, 0.3) is 20.0 Å². The Morgan fingerprint density at radius 1 is 0.630 bits per heavy atom. The van der Waals surface area contributed by atoms with Crippen LogP contribution in [0.15, 0.2) is 101 Å². The maximum absolute atomic E-state index is 13.3. The van der Waals surface area contributed by atoms with Crippen LogP contribution < -0.4 is 3.71 Å². The van der Waals surface area contributed by atoms with Crippen LogP contribution in [0.1, 0.15) is 5.56 Å². The van der Waals surface area contributed by atoms with E-state index in [1.807, 2.05) is 0 Å². The van der Waals surface area contributed by atoms with Crippen LogP contribution in [0, 0.1) is 0 Å². The van der Waals surface area contributed by atoms with Crippen molar-refractivity contribution in [3.05, 3.63) is 97.1 Å². The van der Waals surface area contributed by atoms with Gasteiger partial charge in [-0.05, 0) is 42.0 Å². The van der Waals surface area contributed by atoms with E-state index in [2.05, 4.69) is 6.58 Å². The van der Waals surface area contributed by atoms with E-state index in [9.17, 15) is 16.8 Å². The molecule has 0 aliphatic rings. The Labute approximate surface area is 159 Å². The molecule has 0 bridgehead atoms. The van der Waals surface area contributed by atoms with Crippen LogP contribution >= 0.6 is 0 Å². The second kappa shape index (κ2) is 7.38. The Bertz CT molecular complexity index is 1140. The fourth-order valence-corrected chi connectivity index (χ4v) is 6.23. The fourth-order valence-electron chi connectivity index (χ4n) is 2.52. The maximum Gasteiger partial charge on any atom is 0.277 e. The summed E-state index contributed by atoms with van der Waals surface area (Å²) in [5.41, 5.74) is 0.764. The Kier molecular flexibility index (Phi) is 5.16. The van der Waals surface area contributed by atoms with E-state index in [0.29, 0.717) is 3.71 Å². The lowest BCUT2D eigenvalue weighted by atomic mass is 10.2. The van der Waals surface area contributed by atoms with Crippen LogP contribution in [0.3, 0.4) is 0 Å². The van der Waals surface area contributed by atoms with Crippen molar-refractivity contribution < 1.29 is 16.8 Å². The van der Waals surface area contributed by atoms with E-state index in [4.69, 9.17) is 0 Å². The lowest BCUT2D eigenvalue weighted by molar-refractivity contribution is 0.584. The summed E-state index contributed by atoms with van der Waals surface area (Å²) in [6.45, 7) is 3.63. The zero-order valence-electron chi connectivity index (χ0n) is 14.3. The van der Waals surface area contributed by atoms with Gasteiger partial charge >= 0.3 is 0 Å². The number of rotatable bonds is 6. The zero-order chi connectivity index (χ0) is 19.5. The van der Waals surface area contributed by atoms with Crippen molar-refractivity contribution in [2.45, 2.75) is 9.79 Å². The van der Waals surface area contributed by atoms with E-state index < -0.39 is 20.0 Å². The second-order valence-corrected chi connectivity index (χ2v) is 9.43. The van der Waals surface area contributed by atoms with E-state index >= 15 is 0 Å². The molecule has 0 radical (unpaired) electrons. The van der Waals surface area contributed by atoms with Crippen LogP contribution in [0.2, 0.25) is 0 Å². The zero-order valence-corrected chi connectivity index (χ0v) is 15.9. The van der Waals surface area contributed by atoms with E-state index in [-0.39, 0.29) is 15.5 Å². The summed E-state index contributed by atoms with van der Waals surface area (Å²) in [6.07, 6.45) is 1.58. The van der Waals surface area contributed by atoms with Crippen molar-refractivity contribution >= 4 is 31.8 Å². The van der Waals surface area contributed by atoms with Gasteiger partial charge in [-0.15, -0.1) is 0 Å². The van der Waals surface area contributed by atoms with Crippen LogP contribution in [-0.4, -0.2) is 16.8 Å². The smallest absolute Gasteiger partial charge is 0.200 e. The van der Waals surface area contributed by atoms with Crippen LogP contribution in [0.25, 0.3) is 6.08 Å². The minimum atomic E-state index is -4.37. The molecule has 0 saturated carbocycles. The minimum absolute atomic E-state index is 0.0363. The Balaban J connectivity index is 2.23. The first-order chi connectivity index (χ1) is 12.9. The molecular formula is C20H17NO4S2. The van der Waals surface area contributed by atoms with Gasteiger partial charge in [0.2, 0.25) is 0 Å². The molecule has 0 aliphatic heterocycles. The molecule has 0 N–H and O–H groups in total. The van der Waals surface area contributed by atoms with Gasteiger partial charge in [0.1, 0.15) is 0 Å². The first kappa shape index (κ1) is 18.9. The quantitative estimate of drug-likeness (QED) is 0.630. The summed E-state index contributed by atoms with van der Waals surface area (Å²) in [5, 5.41) is 0. The molecule has 0 unspecified atom stereocenters. The van der Waals surface area contributed by atoms with Crippen molar-refractivity contribution in [3.8, 4) is 0 Å². The average Bonchev–Trinajstić information content (AvgIpc) is 2.69. The topological polar surface area (TPSA) is 71.5 Å². The average molecular weight is 399 g/mol. The van der Waals surface area contributed by atoms with E-state index in [1.54, 1.807) is 54.6 Å². The van der Waals surface area contributed by atoms with Crippen molar-refractivity contribution in [2.75, 3.05) is 3.71 Å². The molecule has 0 heterocycles. The van der Waals surface area contributed by atoms with Gasteiger partial charge in [-0.3, -0.25) is 0 Å². The summed E-state index contributed by atoms with van der Waals surface area (Å²) < 4.78 is 53.4. The normalized spacial score (nSPS) is 11.7. The lowest BCUT2D eigenvalue weighted by Crippen LogP contribution is -2.37. The Hall–Kier alpha value is -2.90. The highest BCUT2D eigenvalue weighted by Gasteiger charge is 2.36. The lowest BCUT2D eigenvalue weighted by Gasteiger charge is -2.24. The molecule has 3 aromatic rings. The van der Waals surface area contributed by atoms with Gasteiger partial charge in [-0.2, -0.15) is 3.71 Å². The Morgan fingerprint density at radius 2 is 1.07 bits per heavy atom. The molecular weight excluding hydrogens is 382 g/mol. The highest BCUT2D eigenvalue weighted by atomic mass is 32.3. The molecule has 0 spiro atoms. The monoisotopic (exact) mass is 399 g/mol. The second-order valence-electron chi connectivity index (χ2n) is 5.63. The predicted octanol–water partition coefficient (Wildman–Crippen LogP) is 3.91. The van der Waals surface area contributed by atoms with Gasteiger partial charge in [0.15, 0.2) is 0 Å². The van der Waals surface area contributed by atoms with Crippen LogP contribution in [-0.2, 0) is 20.0 Å². The highest BCUT2D eigenvalue weighted by molar-refractivity contribution is 8.10. The van der Waals surface area contributed by atoms with Crippen LogP contribution in [0.5, 0.6) is 0 Å². The number of benzene rings is 3. The molecule has 3 aromatic carbocycles. The molecule has 7 heteroatoms. The first-order valence-electron chi connectivity index (χ1n) is 8.00. The molecule has 3 rings (SSSR count). The van der Waals surface area contributed by atoms with Crippen molar-refractivity contribution in [3.63, 3.8) is 0 Å². The summed E-state index contributed by atoms with van der Waals surface area (Å²) >= 11 is 0. The number of para-hydroxylation sites is 1. The summed E-state index contributed by atoms with van der Waals surface area (Å²) in [6, 6.07) is 21.1. The first-order valence-corrected chi connectivity index (χ1v) is 10.9. The molecule has 0 aliphatic carbocycles. The van der Waals surface area contributed by atoms with Gasteiger partial charge < -0.3 is 0 Å². The predicted molar refractivity (Wildman–Crippen MR) is 106 cm³/mol. The van der Waals surface area contributed by atoms with Crippen molar-refractivity contribution in [2.24, 2.45) is 0 Å². The van der Waals surface area contributed by atoms with Crippen molar-refractivity contribution in [1.82, 2.24) is 0 Å². The number of hydrogen-bond acceptors (Lipinski definition) is 4. The summed E-state index contributed by atoms with van der Waals surface area (Å²) in [7, 11) is -8.72. The molecule has 138 valence electrons. The molecule has 0 aromatic heterocycles. The SMILES string of the molecule is C=Cc1ccc(S(=O)(=O)N(c2ccccc2)S(=O)(=O)c2ccccc2)cc1. The van der Waals surface area contributed by atoms with Crippen LogP contribution in [0.4, 0.5) is 5.69 Å². The molecule has 5 nitrogen and oxygen atoms in total. The van der Waals surface area contributed by atoms with E-state index in [0.717, 1.165) is 5.56 Å².